The summed E-state index contributed by atoms with van der Waals surface area (Å²) in [6.45, 7) is 1.69. The van der Waals surface area contributed by atoms with E-state index < -0.39 is 11.7 Å². The minimum Gasteiger partial charge on any atom is -0.377 e. The van der Waals surface area contributed by atoms with E-state index in [-0.39, 0.29) is 5.56 Å². The molecular formula is C19H17FN4O2. The number of aromatic nitrogens is 1. The van der Waals surface area contributed by atoms with Crippen molar-refractivity contribution in [3.8, 4) is 0 Å². The predicted octanol–water partition coefficient (Wildman–Crippen LogP) is 4.84. The Bertz CT molecular complexity index is 962. The second-order valence-electron chi connectivity index (χ2n) is 5.78. The van der Waals surface area contributed by atoms with Crippen molar-refractivity contribution >= 4 is 16.8 Å². The smallest absolute Gasteiger partial charge is 0.251 e. The van der Waals surface area contributed by atoms with Crippen LogP contribution in [0.3, 0.4) is 0 Å². The Morgan fingerprint density at radius 1 is 1.23 bits per heavy atom. The van der Waals surface area contributed by atoms with Gasteiger partial charge in [0.25, 0.3) is 5.91 Å². The van der Waals surface area contributed by atoms with Gasteiger partial charge in [-0.1, -0.05) is 30.3 Å². The lowest BCUT2D eigenvalue weighted by Crippen LogP contribution is -2.02. The molecule has 0 N–H and O–H groups in total. The lowest BCUT2D eigenvalue weighted by Gasteiger charge is -2.07. The summed E-state index contributed by atoms with van der Waals surface area (Å²) in [5.74, 6) is -1.17. The number of fused-ring (bicyclic) bond motifs is 1. The van der Waals surface area contributed by atoms with Crippen molar-refractivity contribution in [2.75, 3.05) is 6.61 Å². The monoisotopic (exact) mass is 352 g/mol. The standard InChI is InChI=1S/C19H17FN4O2/c20-15-7-8-18-16(11-15)17(19(25)22-23-21)12-24(18)9-4-10-26-13-14-5-2-1-3-6-14/h1-3,5-8,11-12H,4,9-10,13H2. The molecule has 6 nitrogen and oxygen atoms in total. The first-order valence-electron chi connectivity index (χ1n) is 8.18. The number of benzene rings is 2. The molecule has 0 aliphatic heterocycles. The molecule has 0 atom stereocenters. The molecule has 0 saturated heterocycles. The van der Waals surface area contributed by atoms with Crippen LogP contribution in [-0.2, 0) is 17.9 Å². The number of ether oxygens (including phenoxy) is 1. The van der Waals surface area contributed by atoms with E-state index in [0.717, 1.165) is 12.0 Å². The quantitative estimate of drug-likeness (QED) is 0.264. The van der Waals surface area contributed by atoms with Crippen LogP contribution in [0.5, 0.6) is 0 Å². The third kappa shape index (κ3) is 4.08. The Labute approximate surface area is 149 Å². The highest BCUT2D eigenvalue weighted by Gasteiger charge is 2.14. The number of azide groups is 1. The molecule has 1 amide bonds. The molecule has 0 saturated carbocycles. The molecule has 0 fully saturated rings. The largest absolute Gasteiger partial charge is 0.377 e. The Morgan fingerprint density at radius 2 is 2.04 bits per heavy atom. The first kappa shape index (κ1) is 17.7. The summed E-state index contributed by atoms with van der Waals surface area (Å²) < 4.78 is 21.1. The molecule has 0 aliphatic carbocycles. The van der Waals surface area contributed by atoms with Crippen LogP contribution in [0.4, 0.5) is 4.39 Å². The highest BCUT2D eigenvalue weighted by Crippen LogP contribution is 2.24. The van der Waals surface area contributed by atoms with Crippen LogP contribution in [0.2, 0.25) is 0 Å². The third-order valence-corrected chi connectivity index (χ3v) is 4.01. The van der Waals surface area contributed by atoms with E-state index in [1.54, 1.807) is 12.3 Å². The van der Waals surface area contributed by atoms with Crippen LogP contribution >= 0.6 is 0 Å². The van der Waals surface area contributed by atoms with Crippen molar-refractivity contribution in [1.82, 2.24) is 4.57 Å². The molecule has 0 radical (unpaired) electrons. The average molecular weight is 352 g/mol. The summed E-state index contributed by atoms with van der Waals surface area (Å²) >= 11 is 0. The van der Waals surface area contributed by atoms with Crippen molar-refractivity contribution in [1.29, 1.82) is 0 Å². The molecule has 0 aliphatic rings. The Kier molecular flexibility index (Phi) is 5.63. The van der Waals surface area contributed by atoms with Gasteiger partial charge in [0.05, 0.1) is 12.2 Å². The lowest BCUT2D eigenvalue weighted by molar-refractivity contribution is 0.100. The molecule has 132 valence electrons. The first-order valence-corrected chi connectivity index (χ1v) is 8.18. The highest BCUT2D eigenvalue weighted by atomic mass is 19.1. The number of hydrogen-bond donors (Lipinski definition) is 0. The number of hydrogen-bond acceptors (Lipinski definition) is 2. The fourth-order valence-electron chi connectivity index (χ4n) is 2.82. The van der Waals surface area contributed by atoms with Crippen LogP contribution in [0.1, 0.15) is 22.3 Å². The minimum absolute atomic E-state index is 0.197. The second-order valence-corrected chi connectivity index (χ2v) is 5.78. The number of halogens is 1. The van der Waals surface area contributed by atoms with Gasteiger partial charge in [0.15, 0.2) is 0 Å². The normalized spacial score (nSPS) is 10.7. The van der Waals surface area contributed by atoms with Gasteiger partial charge in [-0.2, -0.15) is 0 Å². The van der Waals surface area contributed by atoms with E-state index in [2.05, 4.69) is 10.0 Å². The maximum atomic E-state index is 13.5. The van der Waals surface area contributed by atoms with E-state index in [0.29, 0.717) is 30.7 Å². The van der Waals surface area contributed by atoms with E-state index in [1.165, 1.54) is 12.1 Å². The molecule has 7 heteroatoms. The van der Waals surface area contributed by atoms with E-state index >= 15 is 0 Å². The molecule has 0 bridgehead atoms. The number of aryl methyl sites for hydroxylation is 1. The molecular weight excluding hydrogens is 335 g/mol. The zero-order chi connectivity index (χ0) is 18.4. The van der Waals surface area contributed by atoms with Crippen molar-refractivity contribution in [3.63, 3.8) is 0 Å². The topological polar surface area (TPSA) is 80.0 Å². The van der Waals surface area contributed by atoms with Crippen LogP contribution in [-0.4, -0.2) is 17.1 Å². The van der Waals surface area contributed by atoms with Gasteiger partial charge in [0.2, 0.25) is 0 Å². The number of carbonyl (C=O) groups is 1. The fourth-order valence-corrected chi connectivity index (χ4v) is 2.82. The summed E-state index contributed by atoms with van der Waals surface area (Å²) in [4.78, 5) is 14.5. The van der Waals surface area contributed by atoms with E-state index in [4.69, 9.17) is 10.3 Å². The van der Waals surface area contributed by atoms with Crippen molar-refractivity contribution < 1.29 is 13.9 Å². The Hall–Kier alpha value is -3.15. The van der Waals surface area contributed by atoms with Gasteiger partial charge in [0.1, 0.15) is 5.82 Å². The van der Waals surface area contributed by atoms with Crippen molar-refractivity contribution in [2.24, 2.45) is 5.11 Å². The second kappa shape index (κ2) is 8.29. The number of rotatable bonds is 7. The number of amides is 1. The zero-order valence-electron chi connectivity index (χ0n) is 14.0. The van der Waals surface area contributed by atoms with Crippen LogP contribution in [0, 0.1) is 5.82 Å². The van der Waals surface area contributed by atoms with Gasteiger partial charge in [0, 0.05) is 35.2 Å². The predicted molar refractivity (Wildman–Crippen MR) is 96.1 cm³/mol. The molecule has 3 aromatic rings. The van der Waals surface area contributed by atoms with Crippen molar-refractivity contribution in [2.45, 2.75) is 19.6 Å². The summed E-state index contributed by atoms with van der Waals surface area (Å²) in [6.07, 6.45) is 2.32. The number of nitrogens with zero attached hydrogens (tertiary/aromatic N) is 4. The fraction of sp³-hybridized carbons (Fsp3) is 0.211. The van der Waals surface area contributed by atoms with Gasteiger partial charge in [-0.05, 0) is 40.8 Å². The van der Waals surface area contributed by atoms with Gasteiger partial charge in [-0.25, -0.2) is 4.39 Å². The van der Waals surface area contributed by atoms with Crippen molar-refractivity contribution in [3.05, 3.63) is 82.1 Å². The minimum atomic E-state index is -0.720. The molecule has 3 rings (SSSR count). The van der Waals surface area contributed by atoms with Gasteiger partial charge >= 0.3 is 0 Å². The first-order chi connectivity index (χ1) is 12.7. The maximum Gasteiger partial charge on any atom is 0.251 e. The summed E-state index contributed by atoms with van der Waals surface area (Å²) in [7, 11) is 0. The summed E-state index contributed by atoms with van der Waals surface area (Å²) in [6, 6.07) is 14.1. The molecule has 0 spiro atoms. The number of carbonyl (C=O) groups excluding carboxylic acids is 1. The third-order valence-electron chi connectivity index (χ3n) is 4.01. The average Bonchev–Trinajstić information content (AvgIpc) is 3.00. The van der Waals surface area contributed by atoms with Gasteiger partial charge in [-0.3, -0.25) is 4.79 Å². The van der Waals surface area contributed by atoms with E-state index in [9.17, 15) is 9.18 Å². The summed E-state index contributed by atoms with van der Waals surface area (Å²) in [5.41, 5.74) is 10.5. The van der Waals surface area contributed by atoms with Gasteiger partial charge < -0.3 is 9.30 Å². The SMILES string of the molecule is [N-]=[N+]=NC(=O)c1cn(CCCOCc2ccccc2)c2ccc(F)cc12. The highest BCUT2D eigenvalue weighted by molar-refractivity contribution is 6.07. The molecule has 1 aromatic heterocycles. The van der Waals surface area contributed by atoms with Crippen LogP contribution in [0.25, 0.3) is 21.3 Å². The molecule has 2 aromatic carbocycles. The van der Waals surface area contributed by atoms with Crippen LogP contribution < -0.4 is 0 Å². The Morgan fingerprint density at radius 3 is 2.81 bits per heavy atom. The van der Waals surface area contributed by atoms with Gasteiger partial charge in [-0.15, -0.1) is 0 Å². The maximum absolute atomic E-state index is 13.5. The lowest BCUT2D eigenvalue weighted by atomic mass is 10.1. The Balaban J connectivity index is 1.67. The molecule has 26 heavy (non-hydrogen) atoms. The summed E-state index contributed by atoms with van der Waals surface area (Å²) in [5, 5.41) is 3.55. The van der Waals surface area contributed by atoms with Crippen LogP contribution in [0.15, 0.2) is 59.8 Å². The molecule has 1 heterocycles. The zero-order valence-corrected chi connectivity index (χ0v) is 14.0. The molecule has 0 unspecified atom stereocenters. The van der Waals surface area contributed by atoms with E-state index in [1.807, 2.05) is 34.9 Å².